The van der Waals surface area contributed by atoms with E-state index in [0.717, 1.165) is 0 Å². The molecule has 3 N–H and O–H groups in total. The number of hydrogen-bond acceptors (Lipinski definition) is 4. The fourth-order valence-corrected chi connectivity index (χ4v) is 1.39. The molecule has 0 fully saturated rings. The largest absolute Gasteiger partial charge is 0.378 e. The molecular formula is C9H10ClN3O3. The molecule has 0 radical (unpaired) electrons. The maximum absolute atomic E-state index is 10.7. The van der Waals surface area contributed by atoms with Crippen molar-refractivity contribution in [1.82, 2.24) is 0 Å². The van der Waals surface area contributed by atoms with Crippen molar-refractivity contribution in [3.8, 4) is 0 Å². The number of nitrogens with zero attached hydrogens (tertiary/aromatic N) is 1. The van der Waals surface area contributed by atoms with Gasteiger partial charge in [-0.1, -0.05) is 17.7 Å². The van der Waals surface area contributed by atoms with Crippen LogP contribution >= 0.6 is 11.6 Å². The van der Waals surface area contributed by atoms with E-state index in [1.165, 1.54) is 18.2 Å². The van der Waals surface area contributed by atoms with Crippen molar-refractivity contribution in [3.05, 3.63) is 33.3 Å². The molecule has 1 rings (SSSR count). The summed E-state index contributed by atoms with van der Waals surface area (Å²) < 4.78 is 0. The molecule has 86 valence electrons. The Morgan fingerprint density at radius 3 is 2.81 bits per heavy atom. The number of carbonyl (C=O) groups is 1. The molecule has 16 heavy (non-hydrogen) atoms. The van der Waals surface area contributed by atoms with Crippen molar-refractivity contribution < 1.29 is 9.72 Å². The molecule has 1 aromatic rings. The maximum Gasteiger partial charge on any atom is 0.293 e. The smallest absolute Gasteiger partial charge is 0.293 e. The molecule has 0 aliphatic heterocycles. The zero-order chi connectivity index (χ0) is 12.1. The third kappa shape index (κ3) is 3.09. The number of para-hydroxylation sites is 1. The average molecular weight is 244 g/mol. The van der Waals surface area contributed by atoms with Crippen LogP contribution in [0.5, 0.6) is 0 Å². The molecule has 0 atom stereocenters. The number of amides is 1. The fourth-order valence-electron chi connectivity index (χ4n) is 1.15. The van der Waals surface area contributed by atoms with E-state index in [9.17, 15) is 14.9 Å². The van der Waals surface area contributed by atoms with Gasteiger partial charge in [-0.3, -0.25) is 14.9 Å². The van der Waals surface area contributed by atoms with Gasteiger partial charge in [0.2, 0.25) is 5.91 Å². The third-order valence-corrected chi connectivity index (χ3v) is 2.18. The maximum atomic E-state index is 10.7. The van der Waals surface area contributed by atoms with Crippen molar-refractivity contribution >= 4 is 28.9 Å². The molecule has 0 aliphatic carbocycles. The van der Waals surface area contributed by atoms with Gasteiger partial charge in [0.25, 0.3) is 5.69 Å². The van der Waals surface area contributed by atoms with Gasteiger partial charge in [0.15, 0.2) is 0 Å². The molecule has 6 nitrogen and oxygen atoms in total. The fraction of sp³-hybridized carbons (Fsp3) is 0.222. The lowest BCUT2D eigenvalue weighted by molar-refractivity contribution is -0.383. The minimum atomic E-state index is -0.543. The second-order valence-corrected chi connectivity index (χ2v) is 3.44. The van der Waals surface area contributed by atoms with Gasteiger partial charge in [-0.2, -0.15) is 0 Å². The molecule has 7 heteroatoms. The molecule has 0 saturated heterocycles. The van der Waals surface area contributed by atoms with Crippen molar-refractivity contribution in [1.29, 1.82) is 0 Å². The van der Waals surface area contributed by atoms with Gasteiger partial charge in [0.05, 0.1) is 9.95 Å². The molecule has 0 aliphatic rings. The topological polar surface area (TPSA) is 98.3 Å². The Kier molecular flexibility index (Phi) is 4.07. The van der Waals surface area contributed by atoms with Crippen molar-refractivity contribution in [2.75, 3.05) is 11.9 Å². The summed E-state index contributed by atoms with van der Waals surface area (Å²) in [5, 5.41) is 13.6. The number of nitro benzene ring substituents is 1. The van der Waals surface area contributed by atoms with Crippen molar-refractivity contribution in [2.45, 2.75) is 6.42 Å². The first-order valence-electron chi connectivity index (χ1n) is 4.47. The van der Waals surface area contributed by atoms with E-state index in [0.29, 0.717) is 0 Å². The lowest BCUT2D eigenvalue weighted by atomic mass is 10.2. The van der Waals surface area contributed by atoms with Crippen LogP contribution < -0.4 is 11.1 Å². The average Bonchev–Trinajstić information content (AvgIpc) is 2.19. The van der Waals surface area contributed by atoms with E-state index >= 15 is 0 Å². The Morgan fingerprint density at radius 2 is 2.25 bits per heavy atom. The Labute approximate surface area is 96.5 Å². The minimum absolute atomic E-state index is 0.0857. The second kappa shape index (κ2) is 5.32. The first-order valence-corrected chi connectivity index (χ1v) is 4.85. The van der Waals surface area contributed by atoms with Crippen LogP contribution in [0.3, 0.4) is 0 Å². The van der Waals surface area contributed by atoms with Crippen LogP contribution in [-0.4, -0.2) is 17.4 Å². The van der Waals surface area contributed by atoms with E-state index in [2.05, 4.69) is 5.32 Å². The van der Waals surface area contributed by atoms with Crippen LogP contribution in [0, 0.1) is 10.1 Å². The number of halogens is 1. The van der Waals surface area contributed by atoms with Crippen molar-refractivity contribution in [3.63, 3.8) is 0 Å². The number of rotatable bonds is 5. The summed E-state index contributed by atoms with van der Waals surface area (Å²) in [5.41, 5.74) is 5.02. The Morgan fingerprint density at radius 1 is 1.56 bits per heavy atom. The van der Waals surface area contributed by atoms with Gasteiger partial charge < -0.3 is 11.1 Å². The highest BCUT2D eigenvalue weighted by Crippen LogP contribution is 2.31. The standard InChI is InChI=1S/C9H10ClN3O3/c10-6-2-1-3-7(13(15)16)9(6)12-5-4-8(11)14/h1-3,12H,4-5H2,(H2,11,14). The number of nitrogens with two attached hydrogens (primary N) is 1. The van der Waals surface area contributed by atoms with E-state index in [4.69, 9.17) is 17.3 Å². The highest BCUT2D eigenvalue weighted by molar-refractivity contribution is 6.33. The predicted octanol–water partition coefficient (Wildman–Crippen LogP) is 1.54. The van der Waals surface area contributed by atoms with Crippen LogP contribution in [-0.2, 0) is 4.79 Å². The molecule has 1 aromatic carbocycles. The zero-order valence-corrected chi connectivity index (χ0v) is 9.03. The molecule has 0 saturated carbocycles. The van der Waals surface area contributed by atoms with E-state index in [1.54, 1.807) is 0 Å². The summed E-state index contributed by atoms with van der Waals surface area (Å²) in [5.74, 6) is -0.484. The molecule has 0 spiro atoms. The van der Waals surface area contributed by atoms with Crippen LogP contribution in [0.2, 0.25) is 5.02 Å². The highest BCUT2D eigenvalue weighted by atomic mass is 35.5. The number of nitro groups is 1. The quantitative estimate of drug-likeness (QED) is 0.605. The van der Waals surface area contributed by atoms with E-state index in [1.807, 2.05) is 0 Å². The summed E-state index contributed by atoms with van der Waals surface area (Å²) in [4.78, 5) is 20.7. The number of carbonyl (C=O) groups excluding carboxylic acids is 1. The first kappa shape index (κ1) is 12.3. The summed E-state index contributed by atoms with van der Waals surface area (Å²) >= 11 is 5.81. The molecule has 1 amide bonds. The van der Waals surface area contributed by atoms with E-state index in [-0.39, 0.29) is 29.4 Å². The van der Waals surface area contributed by atoms with Crippen molar-refractivity contribution in [2.24, 2.45) is 5.73 Å². The van der Waals surface area contributed by atoms with Gasteiger partial charge in [-0.25, -0.2) is 0 Å². The lowest BCUT2D eigenvalue weighted by Gasteiger charge is -2.07. The number of benzene rings is 1. The molecule has 0 aromatic heterocycles. The SMILES string of the molecule is NC(=O)CCNc1c(Cl)cccc1[N+](=O)[O-]. The minimum Gasteiger partial charge on any atom is -0.378 e. The van der Waals surface area contributed by atoms with Gasteiger partial charge in [0.1, 0.15) is 5.69 Å². The number of hydrogen-bond donors (Lipinski definition) is 2. The van der Waals surface area contributed by atoms with Crippen LogP contribution in [0.15, 0.2) is 18.2 Å². The van der Waals surface area contributed by atoms with Gasteiger partial charge in [-0.15, -0.1) is 0 Å². The molecule has 0 bridgehead atoms. The third-order valence-electron chi connectivity index (χ3n) is 1.86. The Bertz CT molecular complexity index is 422. The number of anilines is 1. The summed E-state index contributed by atoms with van der Waals surface area (Å²) in [6.07, 6.45) is 0.0857. The Balaban J connectivity index is 2.84. The molecule has 0 heterocycles. The number of primary amides is 1. The zero-order valence-electron chi connectivity index (χ0n) is 8.27. The number of nitrogens with one attached hydrogen (secondary N) is 1. The van der Waals surface area contributed by atoms with Crippen LogP contribution in [0.1, 0.15) is 6.42 Å². The lowest BCUT2D eigenvalue weighted by Crippen LogP contribution is -2.16. The first-order chi connectivity index (χ1) is 7.52. The summed E-state index contributed by atoms with van der Waals surface area (Å²) in [7, 11) is 0. The summed E-state index contributed by atoms with van der Waals surface area (Å²) in [6, 6.07) is 4.35. The second-order valence-electron chi connectivity index (χ2n) is 3.03. The van der Waals surface area contributed by atoms with Gasteiger partial charge >= 0.3 is 0 Å². The van der Waals surface area contributed by atoms with Crippen LogP contribution in [0.4, 0.5) is 11.4 Å². The molecular weight excluding hydrogens is 234 g/mol. The normalized spacial score (nSPS) is 9.81. The summed E-state index contributed by atoms with van der Waals surface area (Å²) in [6.45, 7) is 0.208. The predicted molar refractivity (Wildman–Crippen MR) is 60.4 cm³/mol. The van der Waals surface area contributed by atoms with Gasteiger partial charge in [-0.05, 0) is 6.07 Å². The Hall–Kier alpha value is -1.82. The van der Waals surface area contributed by atoms with Gasteiger partial charge in [0, 0.05) is 19.0 Å². The van der Waals surface area contributed by atoms with E-state index < -0.39 is 10.8 Å². The molecule has 0 unspecified atom stereocenters. The monoisotopic (exact) mass is 243 g/mol. The van der Waals surface area contributed by atoms with Crippen LogP contribution in [0.25, 0.3) is 0 Å². The highest BCUT2D eigenvalue weighted by Gasteiger charge is 2.15.